The van der Waals surface area contributed by atoms with Crippen molar-refractivity contribution in [2.45, 2.75) is 24.8 Å². The molecule has 2 aromatic heterocycles. The van der Waals surface area contributed by atoms with Crippen LogP contribution >= 0.6 is 23.4 Å². The quantitative estimate of drug-likeness (QED) is 0.360. The van der Waals surface area contributed by atoms with Crippen molar-refractivity contribution >= 4 is 34.3 Å². The van der Waals surface area contributed by atoms with E-state index in [1.165, 1.54) is 11.8 Å². The van der Waals surface area contributed by atoms with E-state index in [-0.39, 0.29) is 5.56 Å². The lowest BCUT2D eigenvalue weighted by Gasteiger charge is -2.13. The molecule has 0 unspecified atom stereocenters. The fraction of sp³-hybridized carbons (Fsp3) is 0.150. The SMILES string of the molecule is Cc1cccc(-n2c(SCc3cc(C)on3)nc3cc(Cl)ccc3c2=O)c1. The minimum absolute atomic E-state index is 0.124. The van der Waals surface area contributed by atoms with E-state index in [0.717, 1.165) is 22.7 Å². The van der Waals surface area contributed by atoms with Crippen LogP contribution in [0.1, 0.15) is 17.0 Å². The van der Waals surface area contributed by atoms with Crippen LogP contribution in [0.5, 0.6) is 0 Å². The van der Waals surface area contributed by atoms with Gasteiger partial charge in [0, 0.05) is 16.8 Å². The first-order valence-corrected chi connectivity index (χ1v) is 9.72. The lowest BCUT2D eigenvalue weighted by atomic mass is 10.2. The molecule has 0 radical (unpaired) electrons. The lowest BCUT2D eigenvalue weighted by molar-refractivity contribution is 0.393. The number of nitrogens with zero attached hydrogens (tertiary/aromatic N) is 3. The molecule has 0 aliphatic carbocycles. The zero-order valence-electron chi connectivity index (χ0n) is 14.8. The molecule has 27 heavy (non-hydrogen) atoms. The molecule has 4 aromatic rings. The summed E-state index contributed by atoms with van der Waals surface area (Å²) in [6, 6.07) is 14.8. The second-order valence-electron chi connectivity index (χ2n) is 6.25. The van der Waals surface area contributed by atoms with Crippen LogP contribution in [0.25, 0.3) is 16.6 Å². The third-order valence-electron chi connectivity index (χ3n) is 4.09. The number of fused-ring (bicyclic) bond motifs is 1. The molecule has 2 heterocycles. The van der Waals surface area contributed by atoms with E-state index in [0.29, 0.717) is 26.8 Å². The normalized spacial score (nSPS) is 11.2. The van der Waals surface area contributed by atoms with Gasteiger partial charge in [-0.1, -0.05) is 40.7 Å². The molecule has 0 N–H and O–H groups in total. The summed E-state index contributed by atoms with van der Waals surface area (Å²) in [5.74, 6) is 1.29. The van der Waals surface area contributed by atoms with Crippen LogP contribution in [-0.2, 0) is 5.75 Å². The third-order valence-corrected chi connectivity index (χ3v) is 5.29. The van der Waals surface area contributed by atoms with Crippen LogP contribution in [-0.4, -0.2) is 14.7 Å². The number of rotatable bonds is 4. The van der Waals surface area contributed by atoms with Gasteiger partial charge >= 0.3 is 0 Å². The van der Waals surface area contributed by atoms with Gasteiger partial charge in [0.2, 0.25) is 0 Å². The molecule has 4 rings (SSSR count). The van der Waals surface area contributed by atoms with Crippen LogP contribution in [0.2, 0.25) is 5.02 Å². The summed E-state index contributed by atoms with van der Waals surface area (Å²) in [6.07, 6.45) is 0. The molecule has 0 fully saturated rings. The van der Waals surface area contributed by atoms with Crippen LogP contribution in [0, 0.1) is 13.8 Å². The Labute approximate surface area is 165 Å². The van der Waals surface area contributed by atoms with Crippen molar-refractivity contribution in [2.75, 3.05) is 0 Å². The molecule has 5 nitrogen and oxygen atoms in total. The Morgan fingerprint density at radius 2 is 2.00 bits per heavy atom. The molecular formula is C20H16ClN3O2S. The number of aromatic nitrogens is 3. The summed E-state index contributed by atoms with van der Waals surface area (Å²) < 4.78 is 6.76. The maximum absolute atomic E-state index is 13.2. The number of aryl methyl sites for hydroxylation is 2. The predicted molar refractivity (Wildman–Crippen MR) is 108 cm³/mol. The first-order valence-electron chi connectivity index (χ1n) is 8.35. The number of halogens is 1. The van der Waals surface area contributed by atoms with Crippen molar-refractivity contribution in [1.82, 2.24) is 14.7 Å². The highest BCUT2D eigenvalue weighted by molar-refractivity contribution is 7.98. The highest BCUT2D eigenvalue weighted by Gasteiger charge is 2.15. The zero-order valence-corrected chi connectivity index (χ0v) is 16.3. The summed E-state index contributed by atoms with van der Waals surface area (Å²) in [5, 5.41) is 5.68. The molecule has 0 aliphatic heterocycles. The van der Waals surface area contributed by atoms with Gasteiger partial charge in [0.1, 0.15) is 5.76 Å². The maximum Gasteiger partial charge on any atom is 0.266 e. The molecule has 0 atom stereocenters. The number of hydrogen-bond acceptors (Lipinski definition) is 5. The molecule has 0 spiro atoms. The average Bonchev–Trinajstić information content (AvgIpc) is 3.05. The summed E-state index contributed by atoms with van der Waals surface area (Å²) in [7, 11) is 0. The lowest BCUT2D eigenvalue weighted by Crippen LogP contribution is -2.21. The first-order chi connectivity index (χ1) is 13.0. The molecular weight excluding hydrogens is 382 g/mol. The Balaban J connectivity index is 1.88. The predicted octanol–water partition coefficient (Wildman–Crippen LogP) is 4.94. The van der Waals surface area contributed by atoms with Gasteiger partial charge in [0.25, 0.3) is 5.56 Å². The number of thioether (sulfide) groups is 1. The highest BCUT2D eigenvalue weighted by Crippen LogP contribution is 2.26. The van der Waals surface area contributed by atoms with Crippen LogP contribution in [0.3, 0.4) is 0 Å². The molecule has 0 amide bonds. The van der Waals surface area contributed by atoms with Crippen molar-refractivity contribution < 1.29 is 4.52 Å². The summed E-state index contributed by atoms with van der Waals surface area (Å²) >= 11 is 7.53. The number of hydrogen-bond donors (Lipinski definition) is 0. The van der Waals surface area contributed by atoms with Crippen molar-refractivity contribution in [3.63, 3.8) is 0 Å². The summed E-state index contributed by atoms with van der Waals surface area (Å²) in [5.41, 5.74) is 3.10. The van der Waals surface area contributed by atoms with E-state index in [1.807, 2.05) is 44.2 Å². The molecule has 2 aromatic carbocycles. The maximum atomic E-state index is 13.2. The van der Waals surface area contributed by atoms with Gasteiger partial charge in [-0.3, -0.25) is 9.36 Å². The van der Waals surface area contributed by atoms with E-state index >= 15 is 0 Å². The Hall–Kier alpha value is -2.57. The summed E-state index contributed by atoms with van der Waals surface area (Å²) in [6.45, 7) is 3.84. The monoisotopic (exact) mass is 397 g/mol. The zero-order chi connectivity index (χ0) is 19.0. The van der Waals surface area contributed by atoms with Crippen LogP contribution in [0.15, 0.2) is 63.0 Å². The Kier molecular flexibility index (Phi) is 4.76. The largest absolute Gasteiger partial charge is 0.361 e. The van der Waals surface area contributed by atoms with Crippen molar-refractivity contribution in [3.05, 3.63) is 80.9 Å². The van der Waals surface area contributed by atoms with Gasteiger partial charge < -0.3 is 4.52 Å². The van der Waals surface area contributed by atoms with Gasteiger partial charge in [0.05, 0.1) is 22.3 Å². The van der Waals surface area contributed by atoms with Gasteiger partial charge in [-0.25, -0.2) is 4.98 Å². The van der Waals surface area contributed by atoms with E-state index in [9.17, 15) is 4.79 Å². The van der Waals surface area contributed by atoms with Gasteiger partial charge in [-0.15, -0.1) is 0 Å². The van der Waals surface area contributed by atoms with Crippen molar-refractivity contribution in [3.8, 4) is 5.69 Å². The highest BCUT2D eigenvalue weighted by atomic mass is 35.5. The van der Waals surface area contributed by atoms with E-state index in [1.54, 1.807) is 22.8 Å². The fourth-order valence-corrected chi connectivity index (χ4v) is 3.91. The minimum Gasteiger partial charge on any atom is -0.361 e. The topological polar surface area (TPSA) is 60.9 Å². The van der Waals surface area contributed by atoms with Crippen molar-refractivity contribution in [1.29, 1.82) is 0 Å². The standard InChI is InChI=1S/C20H16ClN3O2S/c1-12-4-3-5-16(8-12)24-19(25)17-7-6-14(21)10-18(17)22-20(24)27-11-15-9-13(2)26-23-15/h3-10H,11H2,1-2H3. The molecule has 136 valence electrons. The molecule has 0 aliphatic rings. The van der Waals surface area contributed by atoms with Crippen LogP contribution in [0.4, 0.5) is 0 Å². The second kappa shape index (κ2) is 7.21. The molecule has 0 saturated carbocycles. The first kappa shape index (κ1) is 17.8. The van der Waals surface area contributed by atoms with E-state index in [4.69, 9.17) is 21.1 Å². The van der Waals surface area contributed by atoms with Crippen LogP contribution < -0.4 is 5.56 Å². The molecule has 7 heteroatoms. The third kappa shape index (κ3) is 3.63. The Morgan fingerprint density at radius 3 is 2.74 bits per heavy atom. The average molecular weight is 398 g/mol. The van der Waals surface area contributed by atoms with Gasteiger partial charge in [-0.05, 0) is 49.7 Å². The number of benzene rings is 2. The van der Waals surface area contributed by atoms with E-state index < -0.39 is 0 Å². The minimum atomic E-state index is -0.124. The van der Waals surface area contributed by atoms with Crippen molar-refractivity contribution in [2.24, 2.45) is 0 Å². The summed E-state index contributed by atoms with van der Waals surface area (Å²) in [4.78, 5) is 17.9. The van der Waals surface area contributed by atoms with E-state index in [2.05, 4.69) is 5.16 Å². The smallest absolute Gasteiger partial charge is 0.266 e. The Bertz CT molecular complexity index is 1200. The van der Waals surface area contributed by atoms with Gasteiger partial charge in [-0.2, -0.15) is 0 Å². The Morgan fingerprint density at radius 1 is 1.15 bits per heavy atom. The molecule has 0 bridgehead atoms. The second-order valence-corrected chi connectivity index (χ2v) is 7.63. The fourth-order valence-electron chi connectivity index (χ4n) is 2.85. The molecule has 0 saturated heterocycles. The van der Waals surface area contributed by atoms with Gasteiger partial charge in [0.15, 0.2) is 5.16 Å².